The maximum absolute atomic E-state index is 9.18. The standard InChI is InChI=1S/C14H13N3S/c1-9-7-12(13(8-15)14(16)17-9)10-3-5-11(18-2)6-4-10/h3-7H,1-2H3,(H2,16,17). The molecule has 2 N–H and O–H groups in total. The van der Waals surface area contributed by atoms with E-state index < -0.39 is 0 Å². The molecule has 0 aliphatic heterocycles. The molecule has 1 heterocycles. The summed E-state index contributed by atoms with van der Waals surface area (Å²) in [5.41, 5.74) is 8.88. The van der Waals surface area contributed by atoms with Gasteiger partial charge >= 0.3 is 0 Å². The van der Waals surface area contributed by atoms with E-state index in [4.69, 9.17) is 5.73 Å². The molecule has 0 spiro atoms. The number of anilines is 1. The number of nitrogen functional groups attached to an aromatic ring is 1. The number of aryl methyl sites for hydroxylation is 1. The largest absolute Gasteiger partial charge is 0.383 e. The van der Waals surface area contributed by atoms with Gasteiger partial charge in [-0.3, -0.25) is 0 Å². The molecule has 0 atom stereocenters. The van der Waals surface area contributed by atoms with Gasteiger partial charge < -0.3 is 5.73 Å². The normalized spacial score (nSPS) is 10.1. The lowest BCUT2D eigenvalue weighted by Gasteiger charge is -2.08. The molecule has 0 unspecified atom stereocenters. The minimum atomic E-state index is 0.293. The molecular weight excluding hydrogens is 242 g/mol. The Morgan fingerprint density at radius 2 is 1.94 bits per heavy atom. The van der Waals surface area contributed by atoms with Gasteiger partial charge in [-0.05, 0) is 36.9 Å². The van der Waals surface area contributed by atoms with Gasteiger partial charge in [0.2, 0.25) is 0 Å². The first-order valence-corrected chi connectivity index (χ1v) is 6.70. The third-order valence-electron chi connectivity index (χ3n) is 2.69. The highest BCUT2D eigenvalue weighted by Crippen LogP contribution is 2.28. The molecule has 18 heavy (non-hydrogen) atoms. The van der Waals surface area contributed by atoms with Gasteiger partial charge in [0.1, 0.15) is 17.5 Å². The van der Waals surface area contributed by atoms with Crippen LogP contribution in [0.25, 0.3) is 11.1 Å². The maximum atomic E-state index is 9.18. The van der Waals surface area contributed by atoms with Crippen molar-refractivity contribution in [2.75, 3.05) is 12.0 Å². The van der Waals surface area contributed by atoms with Crippen LogP contribution in [0.15, 0.2) is 35.2 Å². The molecule has 2 rings (SSSR count). The van der Waals surface area contributed by atoms with Crippen LogP contribution in [0, 0.1) is 18.3 Å². The molecule has 4 heteroatoms. The van der Waals surface area contributed by atoms with Crippen molar-refractivity contribution in [3.05, 3.63) is 41.6 Å². The van der Waals surface area contributed by atoms with Crippen molar-refractivity contribution in [3.63, 3.8) is 0 Å². The monoisotopic (exact) mass is 255 g/mol. The highest BCUT2D eigenvalue weighted by Gasteiger charge is 2.10. The fourth-order valence-corrected chi connectivity index (χ4v) is 2.22. The van der Waals surface area contributed by atoms with Crippen LogP contribution in [0.3, 0.4) is 0 Å². The molecule has 0 bridgehead atoms. The van der Waals surface area contributed by atoms with Crippen LogP contribution in [0.4, 0.5) is 5.82 Å². The van der Waals surface area contributed by atoms with Crippen LogP contribution in [0.1, 0.15) is 11.3 Å². The Morgan fingerprint density at radius 1 is 1.28 bits per heavy atom. The molecule has 0 saturated carbocycles. The summed E-state index contributed by atoms with van der Waals surface area (Å²) < 4.78 is 0. The lowest BCUT2D eigenvalue weighted by Crippen LogP contribution is -1.99. The Hall–Kier alpha value is -1.99. The molecule has 0 radical (unpaired) electrons. The topological polar surface area (TPSA) is 62.7 Å². The fourth-order valence-electron chi connectivity index (χ4n) is 1.81. The lowest BCUT2D eigenvalue weighted by atomic mass is 10.0. The van der Waals surface area contributed by atoms with Crippen LogP contribution in [0.5, 0.6) is 0 Å². The van der Waals surface area contributed by atoms with E-state index in [2.05, 4.69) is 11.1 Å². The van der Waals surface area contributed by atoms with Crippen LogP contribution in [-0.4, -0.2) is 11.2 Å². The molecule has 1 aromatic carbocycles. The lowest BCUT2D eigenvalue weighted by molar-refractivity contribution is 1.20. The second-order valence-corrected chi connectivity index (χ2v) is 4.79. The number of nitrogens with two attached hydrogens (primary N) is 1. The summed E-state index contributed by atoms with van der Waals surface area (Å²) >= 11 is 1.69. The zero-order valence-corrected chi connectivity index (χ0v) is 11.1. The number of nitriles is 1. The van der Waals surface area contributed by atoms with Crippen LogP contribution in [0.2, 0.25) is 0 Å². The third-order valence-corrected chi connectivity index (χ3v) is 3.43. The van der Waals surface area contributed by atoms with Gasteiger partial charge in [-0.15, -0.1) is 11.8 Å². The van der Waals surface area contributed by atoms with E-state index >= 15 is 0 Å². The Bertz CT molecular complexity index is 612. The first-order valence-electron chi connectivity index (χ1n) is 5.47. The third kappa shape index (κ3) is 2.31. The number of thioether (sulfide) groups is 1. The minimum Gasteiger partial charge on any atom is -0.383 e. The molecule has 90 valence electrons. The summed E-state index contributed by atoms with van der Waals surface area (Å²) in [6, 6.07) is 12.1. The molecule has 2 aromatic rings. The van der Waals surface area contributed by atoms with Gasteiger partial charge in [0.25, 0.3) is 0 Å². The van der Waals surface area contributed by atoms with Gasteiger partial charge in [0.05, 0.1) is 0 Å². The zero-order valence-electron chi connectivity index (χ0n) is 10.3. The van der Waals surface area contributed by atoms with Crippen molar-refractivity contribution in [2.24, 2.45) is 0 Å². The van der Waals surface area contributed by atoms with Crippen molar-refractivity contribution < 1.29 is 0 Å². The first-order chi connectivity index (χ1) is 8.65. The van der Waals surface area contributed by atoms with E-state index in [-0.39, 0.29) is 0 Å². The summed E-state index contributed by atoms with van der Waals surface area (Å²) in [7, 11) is 0. The summed E-state index contributed by atoms with van der Waals surface area (Å²) in [6.45, 7) is 1.87. The maximum Gasteiger partial charge on any atom is 0.142 e. The molecule has 0 aliphatic rings. The van der Waals surface area contributed by atoms with E-state index in [9.17, 15) is 5.26 Å². The Kier molecular flexibility index (Phi) is 3.54. The number of aromatic nitrogens is 1. The Labute approximate surface area is 111 Å². The molecule has 0 amide bonds. The van der Waals surface area contributed by atoms with Crippen LogP contribution in [-0.2, 0) is 0 Å². The van der Waals surface area contributed by atoms with Gasteiger partial charge in [-0.2, -0.15) is 5.26 Å². The predicted molar refractivity (Wildman–Crippen MR) is 75.3 cm³/mol. The smallest absolute Gasteiger partial charge is 0.142 e. The summed E-state index contributed by atoms with van der Waals surface area (Å²) in [4.78, 5) is 5.31. The van der Waals surface area contributed by atoms with Gasteiger partial charge in [-0.25, -0.2) is 4.98 Å². The van der Waals surface area contributed by atoms with Crippen molar-refractivity contribution >= 4 is 17.6 Å². The number of rotatable bonds is 2. The van der Waals surface area contributed by atoms with Gasteiger partial charge in [-0.1, -0.05) is 12.1 Å². The number of nitrogens with zero attached hydrogens (tertiary/aromatic N) is 2. The summed E-state index contributed by atoms with van der Waals surface area (Å²) in [5.74, 6) is 0.293. The second kappa shape index (κ2) is 5.11. The molecular formula is C14H13N3S. The first kappa shape index (κ1) is 12.5. The molecule has 0 aliphatic carbocycles. The SMILES string of the molecule is CSc1ccc(-c2cc(C)nc(N)c2C#N)cc1. The van der Waals surface area contributed by atoms with E-state index in [1.54, 1.807) is 11.8 Å². The highest BCUT2D eigenvalue weighted by molar-refractivity contribution is 7.98. The van der Waals surface area contributed by atoms with Crippen LogP contribution >= 0.6 is 11.8 Å². The van der Waals surface area contributed by atoms with Crippen LogP contribution < -0.4 is 5.73 Å². The number of hydrogen-bond donors (Lipinski definition) is 1. The molecule has 3 nitrogen and oxygen atoms in total. The highest BCUT2D eigenvalue weighted by atomic mass is 32.2. The van der Waals surface area contributed by atoms with Crippen molar-refractivity contribution in [1.82, 2.24) is 4.98 Å². The predicted octanol–water partition coefficient (Wildman–Crippen LogP) is 3.23. The Morgan fingerprint density at radius 3 is 2.50 bits per heavy atom. The molecule has 0 saturated heterocycles. The summed E-state index contributed by atoms with van der Waals surface area (Å²) in [5, 5.41) is 9.18. The minimum absolute atomic E-state index is 0.293. The fraction of sp³-hybridized carbons (Fsp3) is 0.143. The second-order valence-electron chi connectivity index (χ2n) is 3.91. The van der Waals surface area contributed by atoms with E-state index in [1.807, 2.05) is 43.5 Å². The zero-order chi connectivity index (χ0) is 13.1. The average Bonchev–Trinajstić information content (AvgIpc) is 2.38. The van der Waals surface area contributed by atoms with Gasteiger partial charge in [0, 0.05) is 16.2 Å². The van der Waals surface area contributed by atoms with Crippen molar-refractivity contribution in [1.29, 1.82) is 5.26 Å². The van der Waals surface area contributed by atoms with E-state index in [0.29, 0.717) is 11.4 Å². The van der Waals surface area contributed by atoms with E-state index in [1.165, 1.54) is 4.90 Å². The van der Waals surface area contributed by atoms with Crippen molar-refractivity contribution in [3.8, 4) is 17.2 Å². The van der Waals surface area contributed by atoms with Gasteiger partial charge in [0.15, 0.2) is 0 Å². The van der Waals surface area contributed by atoms with E-state index in [0.717, 1.165) is 16.8 Å². The quantitative estimate of drug-likeness (QED) is 0.837. The average molecular weight is 255 g/mol. The number of pyridine rings is 1. The van der Waals surface area contributed by atoms with Crippen molar-refractivity contribution in [2.45, 2.75) is 11.8 Å². The molecule has 0 fully saturated rings. The number of hydrogen-bond acceptors (Lipinski definition) is 4. The Balaban J connectivity index is 2.59. The summed E-state index contributed by atoms with van der Waals surface area (Å²) in [6.07, 6.45) is 2.03. The molecule has 1 aromatic heterocycles. The number of benzene rings is 1.